The van der Waals surface area contributed by atoms with Crippen LogP contribution in [0.1, 0.15) is 15.9 Å². The monoisotopic (exact) mass is 465 g/mol. The van der Waals surface area contributed by atoms with Gasteiger partial charge >= 0.3 is 0 Å². The van der Waals surface area contributed by atoms with Gasteiger partial charge in [-0.05, 0) is 54.6 Å². The lowest BCUT2D eigenvalue weighted by Crippen LogP contribution is -2.14. The van der Waals surface area contributed by atoms with Gasteiger partial charge in [0.05, 0.1) is 21.2 Å². The third-order valence-electron chi connectivity index (χ3n) is 4.74. The van der Waals surface area contributed by atoms with Crippen molar-refractivity contribution >= 4 is 50.3 Å². The number of nitrogens with two attached hydrogens (primary N) is 1. The Kier molecular flexibility index (Phi) is 5.45. The second-order valence-electron chi connectivity index (χ2n) is 6.97. The number of aliphatic imine (C=N–C) groups is 1. The van der Waals surface area contributed by atoms with Gasteiger partial charge in [0.1, 0.15) is 5.71 Å². The molecule has 0 aromatic heterocycles. The molecule has 0 atom stereocenters. The average molecular weight is 465 g/mol. The lowest BCUT2D eigenvalue weighted by molar-refractivity contribution is -0.384. The number of amides is 2. The molecule has 0 saturated carbocycles. The average Bonchev–Trinajstić information content (AvgIpc) is 3.08. The van der Waals surface area contributed by atoms with Crippen LogP contribution in [0.2, 0.25) is 0 Å². The van der Waals surface area contributed by atoms with Crippen molar-refractivity contribution in [2.24, 2.45) is 10.1 Å². The van der Waals surface area contributed by atoms with Crippen molar-refractivity contribution in [2.45, 2.75) is 4.90 Å². The van der Waals surface area contributed by atoms with Crippen LogP contribution in [-0.2, 0) is 14.8 Å². The molecule has 1 aliphatic rings. The van der Waals surface area contributed by atoms with Crippen molar-refractivity contribution < 1.29 is 22.9 Å². The molecule has 12 heteroatoms. The second-order valence-corrected chi connectivity index (χ2v) is 8.53. The number of hydrogen-bond acceptors (Lipinski definition) is 7. The first kappa shape index (κ1) is 21.8. The van der Waals surface area contributed by atoms with Crippen molar-refractivity contribution in [3.8, 4) is 0 Å². The molecule has 0 radical (unpaired) electrons. The first-order valence-electron chi connectivity index (χ1n) is 9.35. The first-order chi connectivity index (χ1) is 15.6. The summed E-state index contributed by atoms with van der Waals surface area (Å²) in [5, 5.41) is 21.3. The van der Waals surface area contributed by atoms with E-state index in [0.717, 1.165) is 0 Å². The molecule has 0 spiro atoms. The molecule has 0 bridgehead atoms. The quantitative estimate of drug-likeness (QED) is 0.385. The predicted octanol–water partition coefficient (Wildman–Crippen LogP) is 2.57. The molecule has 4 rings (SSSR count). The summed E-state index contributed by atoms with van der Waals surface area (Å²) < 4.78 is 22.6. The third-order valence-corrected chi connectivity index (χ3v) is 5.67. The molecule has 0 fully saturated rings. The van der Waals surface area contributed by atoms with E-state index in [1.54, 1.807) is 0 Å². The van der Waals surface area contributed by atoms with Gasteiger partial charge in [-0.15, -0.1) is 0 Å². The zero-order valence-corrected chi connectivity index (χ0v) is 17.5. The Balaban J connectivity index is 1.53. The Hall–Kier alpha value is -4.42. The molecule has 166 valence electrons. The summed E-state index contributed by atoms with van der Waals surface area (Å²) in [6.45, 7) is 0. The highest BCUT2D eigenvalue weighted by atomic mass is 32.2. The van der Waals surface area contributed by atoms with Crippen molar-refractivity contribution in [3.05, 3.63) is 88.0 Å². The van der Waals surface area contributed by atoms with Gasteiger partial charge in [0.25, 0.3) is 17.5 Å². The van der Waals surface area contributed by atoms with E-state index in [1.165, 1.54) is 66.7 Å². The number of sulfonamides is 1. The molecule has 33 heavy (non-hydrogen) atoms. The zero-order chi connectivity index (χ0) is 23.8. The SMILES string of the molecule is NS(=O)(=O)c1ccc(NC(=O)c2ccc(N=C3C(=O)Nc4ccc([N+](=O)[O-])cc43)cc2)cc1. The summed E-state index contributed by atoms with van der Waals surface area (Å²) in [7, 11) is -3.83. The molecule has 11 nitrogen and oxygen atoms in total. The molecule has 0 aliphatic carbocycles. The van der Waals surface area contributed by atoms with Gasteiger partial charge in [-0.1, -0.05) is 0 Å². The van der Waals surface area contributed by atoms with Gasteiger partial charge < -0.3 is 10.6 Å². The Morgan fingerprint density at radius 3 is 2.30 bits per heavy atom. The largest absolute Gasteiger partial charge is 0.322 e. The fraction of sp³-hybridized carbons (Fsp3) is 0. The minimum absolute atomic E-state index is 0.0286. The van der Waals surface area contributed by atoms with Crippen LogP contribution in [0.25, 0.3) is 0 Å². The number of non-ortho nitro benzene ring substituents is 1. The number of fused-ring (bicyclic) bond motifs is 1. The lowest BCUT2D eigenvalue weighted by Gasteiger charge is -2.06. The van der Waals surface area contributed by atoms with Crippen LogP contribution in [0.3, 0.4) is 0 Å². The Labute approximate surface area is 187 Å². The smallest absolute Gasteiger partial charge is 0.275 e. The molecule has 1 heterocycles. The highest BCUT2D eigenvalue weighted by molar-refractivity contribution is 7.89. The Bertz CT molecular complexity index is 1430. The van der Waals surface area contributed by atoms with Crippen molar-refractivity contribution in [2.75, 3.05) is 10.6 Å². The van der Waals surface area contributed by atoms with Gasteiger partial charge in [0.15, 0.2) is 0 Å². The first-order valence-corrected chi connectivity index (χ1v) is 10.9. The minimum Gasteiger partial charge on any atom is -0.322 e. The van der Waals surface area contributed by atoms with Crippen LogP contribution in [0.4, 0.5) is 22.7 Å². The molecular weight excluding hydrogens is 450 g/mol. The summed E-state index contributed by atoms with van der Waals surface area (Å²) in [4.78, 5) is 39.4. The molecular formula is C21H15N5O6S. The predicted molar refractivity (Wildman–Crippen MR) is 120 cm³/mol. The van der Waals surface area contributed by atoms with E-state index >= 15 is 0 Å². The maximum atomic E-state index is 12.5. The van der Waals surface area contributed by atoms with E-state index in [4.69, 9.17) is 5.14 Å². The summed E-state index contributed by atoms with van der Waals surface area (Å²) in [5.74, 6) is -0.938. The minimum atomic E-state index is -3.83. The van der Waals surface area contributed by atoms with Gasteiger partial charge in [-0.3, -0.25) is 19.7 Å². The third kappa shape index (κ3) is 4.61. The maximum Gasteiger partial charge on any atom is 0.275 e. The number of nitro groups is 1. The van der Waals surface area contributed by atoms with E-state index in [2.05, 4.69) is 15.6 Å². The zero-order valence-electron chi connectivity index (χ0n) is 16.7. The molecule has 2 amide bonds. The fourth-order valence-corrected chi connectivity index (χ4v) is 3.63. The Morgan fingerprint density at radius 2 is 1.70 bits per heavy atom. The summed E-state index contributed by atoms with van der Waals surface area (Å²) in [6, 6.07) is 15.4. The van der Waals surface area contributed by atoms with Crippen LogP contribution < -0.4 is 15.8 Å². The van der Waals surface area contributed by atoms with Crippen molar-refractivity contribution in [3.63, 3.8) is 0 Å². The van der Waals surface area contributed by atoms with Crippen molar-refractivity contribution in [1.82, 2.24) is 0 Å². The topological polar surface area (TPSA) is 174 Å². The van der Waals surface area contributed by atoms with E-state index in [1.807, 2.05) is 0 Å². The number of benzene rings is 3. The van der Waals surface area contributed by atoms with Crippen LogP contribution in [0.5, 0.6) is 0 Å². The summed E-state index contributed by atoms with van der Waals surface area (Å²) in [6.07, 6.45) is 0. The number of rotatable bonds is 5. The number of nitro benzene ring substituents is 1. The van der Waals surface area contributed by atoms with E-state index < -0.39 is 26.8 Å². The van der Waals surface area contributed by atoms with Gasteiger partial charge in [0.2, 0.25) is 10.0 Å². The standard InChI is InChI=1S/C21H15N5O6S/c22-33(31,32)16-8-5-14(6-9-16)24-20(27)12-1-3-13(4-2-12)23-19-17-11-15(26(29)30)7-10-18(17)25-21(19)28/h1-11H,(H,24,27)(H2,22,31,32)(H,23,25,28). The Morgan fingerprint density at radius 1 is 1.03 bits per heavy atom. The van der Waals surface area contributed by atoms with Gasteiger partial charge in [-0.25, -0.2) is 18.5 Å². The van der Waals surface area contributed by atoms with Crippen molar-refractivity contribution in [1.29, 1.82) is 0 Å². The number of anilines is 2. The molecule has 3 aromatic rings. The number of hydrogen-bond donors (Lipinski definition) is 3. The van der Waals surface area contributed by atoms with Gasteiger partial charge in [-0.2, -0.15) is 0 Å². The number of primary sulfonamides is 1. The molecule has 4 N–H and O–H groups in total. The van der Waals surface area contributed by atoms with E-state index in [-0.39, 0.29) is 16.3 Å². The molecule has 3 aromatic carbocycles. The molecule has 1 aliphatic heterocycles. The number of carbonyl (C=O) groups excluding carboxylic acids is 2. The molecule has 0 saturated heterocycles. The highest BCUT2D eigenvalue weighted by Gasteiger charge is 2.28. The lowest BCUT2D eigenvalue weighted by atomic mass is 10.1. The van der Waals surface area contributed by atoms with Crippen LogP contribution in [0, 0.1) is 10.1 Å². The fourth-order valence-electron chi connectivity index (χ4n) is 3.11. The van der Waals surface area contributed by atoms with Crippen LogP contribution in [0.15, 0.2) is 76.6 Å². The second kappa shape index (κ2) is 8.26. The number of nitrogens with one attached hydrogen (secondary N) is 2. The number of nitrogens with zero attached hydrogens (tertiary/aromatic N) is 2. The summed E-state index contributed by atoms with van der Waals surface area (Å²) in [5.41, 5.74) is 1.64. The van der Waals surface area contributed by atoms with Crippen LogP contribution in [-0.4, -0.2) is 30.9 Å². The molecule has 0 unspecified atom stereocenters. The maximum absolute atomic E-state index is 12.5. The van der Waals surface area contributed by atoms with Crippen LogP contribution >= 0.6 is 0 Å². The number of carbonyl (C=O) groups is 2. The summed E-state index contributed by atoms with van der Waals surface area (Å²) >= 11 is 0. The van der Waals surface area contributed by atoms with E-state index in [9.17, 15) is 28.1 Å². The van der Waals surface area contributed by atoms with Gasteiger partial charge in [0, 0.05) is 28.9 Å². The highest BCUT2D eigenvalue weighted by Crippen LogP contribution is 2.29. The van der Waals surface area contributed by atoms with E-state index in [0.29, 0.717) is 28.2 Å². The normalized spacial score (nSPS) is 14.0.